The van der Waals surface area contributed by atoms with Gasteiger partial charge in [0.05, 0.1) is 11.0 Å². The molecule has 1 fully saturated rings. The lowest BCUT2D eigenvalue weighted by Gasteiger charge is -2.32. The van der Waals surface area contributed by atoms with Gasteiger partial charge in [-0.25, -0.2) is 9.97 Å². The van der Waals surface area contributed by atoms with E-state index in [1.165, 1.54) is 0 Å². The van der Waals surface area contributed by atoms with Gasteiger partial charge in [0.1, 0.15) is 5.82 Å². The van der Waals surface area contributed by atoms with Gasteiger partial charge in [-0.1, -0.05) is 12.1 Å². The second-order valence-electron chi connectivity index (χ2n) is 7.02. The molecule has 1 saturated heterocycles. The molecule has 0 saturated carbocycles. The third kappa shape index (κ3) is 4.53. The number of benzene rings is 1. The van der Waals surface area contributed by atoms with Gasteiger partial charge in [-0.05, 0) is 26.1 Å². The number of piperazine rings is 1. The zero-order chi connectivity index (χ0) is 18.6. The van der Waals surface area contributed by atoms with Crippen LogP contribution in [0.4, 0.5) is 17.7 Å². The second-order valence-corrected chi connectivity index (χ2v) is 7.02. The molecule has 8 heteroatoms. The average molecular weight is 366 g/mol. The van der Waals surface area contributed by atoms with E-state index in [2.05, 4.69) is 47.4 Å². The number of rotatable bonds is 6. The Morgan fingerprint density at radius 1 is 1.07 bits per heavy atom. The number of aromatic amines is 1. The third-order valence-electron chi connectivity index (χ3n) is 4.80. The van der Waals surface area contributed by atoms with Gasteiger partial charge in [0.15, 0.2) is 0 Å². The van der Waals surface area contributed by atoms with Crippen LogP contribution in [0, 0.1) is 6.92 Å². The van der Waals surface area contributed by atoms with Gasteiger partial charge in [0.2, 0.25) is 11.9 Å². The van der Waals surface area contributed by atoms with E-state index in [9.17, 15) is 0 Å². The summed E-state index contributed by atoms with van der Waals surface area (Å²) in [6, 6.07) is 9.89. The van der Waals surface area contributed by atoms with Crippen LogP contribution >= 0.6 is 0 Å². The molecule has 4 rings (SSSR count). The maximum Gasteiger partial charge on any atom is 0.231 e. The van der Waals surface area contributed by atoms with Gasteiger partial charge in [-0.15, -0.1) is 0 Å². The summed E-state index contributed by atoms with van der Waals surface area (Å²) in [4.78, 5) is 21.6. The van der Waals surface area contributed by atoms with Crippen molar-refractivity contribution >= 4 is 28.7 Å². The fraction of sp³-hybridized carbons (Fsp3) is 0.421. The van der Waals surface area contributed by atoms with Crippen LogP contribution in [-0.2, 0) is 0 Å². The molecule has 3 N–H and O–H groups in total. The number of anilines is 3. The summed E-state index contributed by atoms with van der Waals surface area (Å²) in [7, 11) is 2.18. The summed E-state index contributed by atoms with van der Waals surface area (Å²) in [6.07, 6.45) is 0. The van der Waals surface area contributed by atoms with Crippen LogP contribution < -0.4 is 10.6 Å². The van der Waals surface area contributed by atoms with E-state index in [0.717, 1.165) is 61.8 Å². The maximum atomic E-state index is 4.57. The van der Waals surface area contributed by atoms with E-state index < -0.39 is 0 Å². The Morgan fingerprint density at radius 2 is 1.89 bits per heavy atom. The molecule has 27 heavy (non-hydrogen) atoms. The zero-order valence-electron chi connectivity index (χ0n) is 15.9. The molecule has 2 aromatic heterocycles. The summed E-state index contributed by atoms with van der Waals surface area (Å²) in [5.74, 6) is 2.01. The van der Waals surface area contributed by atoms with Crippen LogP contribution in [0.15, 0.2) is 30.3 Å². The molecule has 0 unspecified atom stereocenters. The van der Waals surface area contributed by atoms with Crippen LogP contribution in [0.25, 0.3) is 11.0 Å². The number of H-pyrrole nitrogens is 1. The monoisotopic (exact) mass is 366 g/mol. The van der Waals surface area contributed by atoms with E-state index in [-0.39, 0.29) is 0 Å². The highest BCUT2D eigenvalue weighted by Gasteiger charge is 2.13. The molecule has 3 aromatic rings. The molecular formula is C19H26N8. The van der Waals surface area contributed by atoms with Crippen LogP contribution in [0.1, 0.15) is 5.69 Å². The van der Waals surface area contributed by atoms with Crippen molar-refractivity contribution in [2.45, 2.75) is 6.92 Å². The Kier molecular flexibility index (Phi) is 5.17. The van der Waals surface area contributed by atoms with Crippen molar-refractivity contribution in [3.8, 4) is 0 Å². The van der Waals surface area contributed by atoms with E-state index >= 15 is 0 Å². The lowest BCUT2D eigenvalue weighted by molar-refractivity contribution is 0.158. The molecule has 0 radical (unpaired) electrons. The van der Waals surface area contributed by atoms with Crippen molar-refractivity contribution in [3.63, 3.8) is 0 Å². The number of likely N-dealkylation sites (N-methyl/N-ethyl adjacent to an activating group) is 1. The number of fused-ring (bicyclic) bond motifs is 1. The molecule has 142 valence electrons. The molecular weight excluding hydrogens is 340 g/mol. The normalized spacial score (nSPS) is 15.9. The number of nitrogens with one attached hydrogen (secondary N) is 3. The predicted octanol–water partition coefficient (Wildman–Crippen LogP) is 2.06. The Morgan fingerprint density at radius 3 is 2.70 bits per heavy atom. The van der Waals surface area contributed by atoms with E-state index in [1.54, 1.807) is 0 Å². The van der Waals surface area contributed by atoms with Crippen LogP contribution in [0.2, 0.25) is 0 Å². The minimum Gasteiger partial charge on any atom is -0.369 e. The fourth-order valence-corrected chi connectivity index (χ4v) is 3.25. The molecule has 1 aliphatic heterocycles. The van der Waals surface area contributed by atoms with E-state index in [1.807, 2.05) is 37.3 Å². The number of aryl methyl sites for hydroxylation is 1. The molecule has 0 amide bonds. The zero-order valence-corrected chi connectivity index (χ0v) is 15.9. The van der Waals surface area contributed by atoms with Gasteiger partial charge in [-0.2, -0.15) is 4.98 Å². The van der Waals surface area contributed by atoms with Crippen molar-refractivity contribution in [2.24, 2.45) is 0 Å². The standard InChI is InChI=1S/C19H26N8/c1-14-13-17(20-7-8-27-11-9-26(2)10-12-27)24-18(21-14)25-19-22-15-5-3-4-6-16(15)23-19/h3-6,13H,7-12H2,1-2H3,(H3,20,21,22,23,24,25). The van der Waals surface area contributed by atoms with Crippen molar-refractivity contribution in [2.75, 3.05) is 56.9 Å². The minimum absolute atomic E-state index is 0.538. The maximum absolute atomic E-state index is 4.57. The molecule has 0 spiro atoms. The Bertz CT molecular complexity index is 865. The minimum atomic E-state index is 0.538. The SMILES string of the molecule is Cc1cc(NCCN2CCN(C)CC2)nc(Nc2nc3ccccc3[nH]2)n1. The highest BCUT2D eigenvalue weighted by atomic mass is 15.3. The molecule has 3 heterocycles. The Balaban J connectivity index is 1.37. The molecule has 0 aliphatic carbocycles. The summed E-state index contributed by atoms with van der Waals surface area (Å²) >= 11 is 0. The first kappa shape index (κ1) is 17.7. The fourth-order valence-electron chi connectivity index (χ4n) is 3.25. The van der Waals surface area contributed by atoms with Crippen molar-refractivity contribution in [1.82, 2.24) is 29.7 Å². The molecule has 1 aromatic carbocycles. The summed E-state index contributed by atoms with van der Waals surface area (Å²) < 4.78 is 0. The quantitative estimate of drug-likeness (QED) is 0.616. The number of hydrogen-bond donors (Lipinski definition) is 3. The van der Waals surface area contributed by atoms with Gasteiger partial charge in [-0.3, -0.25) is 10.2 Å². The highest BCUT2D eigenvalue weighted by Crippen LogP contribution is 2.17. The molecule has 0 atom stereocenters. The summed E-state index contributed by atoms with van der Waals surface area (Å²) in [6.45, 7) is 8.38. The number of nitrogens with zero attached hydrogens (tertiary/aromatic N) is 5. The summed E-state index contributed by atoms with van der Waals surface area (Å²) in [5, 5.41) is 6.59. The van der Waals surface area contributed by atoms with E-state index in [4.69, 9.17) is 0 Å². The Labute approximate surface area is 159 Å². The van der Waals surface area contributed by atoms with Crippen LogP contribution in [0.3, 0.4) is 0 Å². The number of aromatic nitrogens is 4. The number of para-hydroxylation sites is 2. The smallest absolute Gasteiger partial charge is 0.231 e. The van der Waals surface area contributed by atoms with Crippen molar-refractivity contribution < 1.29 is 0 Å². The number of hydrogen-bond acceptors (Lipinski definition) is 7. The lowest BCUT2D eigenvalue weighted by Crippen LogP contribution is -2.45. The van der Waals surface area contributed by atoms with Gasteiger partial charge in [0, 0.05) is 51.0 Å². The van der Waals surface area contributed by atoms with Crippen molar-refractivity contribution in [1.29, 1.82) is 0 Å². The molecule has 1 aliphatic rings. The van der Waals surface area contributed by atoms with Gasteiger partial charge >= 0.3 is 0 Å². The van der Waals surface area contributed by atoms with Crippen LogP contribution in [-0.4, -0.2) is 76.1 Å². The summed E-state index contributed by atoms with van der Waals surface area (Å²) in [5.41, 5.74) is 2.81. The first-order valence-corrected chi connectivity index (χ1v) is 9.38. The first-order valence-electron chi connectivity index (χ1n) is 9.38. The highest BCUT2D eigenvalue weighted by molar-refractivity contribution is 5.77. The van der Waals surface area contributed by atoms with Gasteiger partial charge < -0.3 is 15.2 Å². The van der Waals surface area contributed by atoms with Crippen molar-refractivity contribution in [3.05, 3.63) is 36.0 Å². The molecule has 8 nitrogen and oxygen atoms in total. The van der Waals surface area contributed by atoms with E-state index in [0.29, 0.717) is 11.9 Å². The van der Waals surface area contributed by atoms with Gasteiger partial charge in [0.25, 0.3) is 0 Å². The molecule has 0 bridgehead atoms. The third-order valence-corrected chi connectivity index (χ3v) is 4.80. The lowest BCUT2D eigenvalue weighted by atomic mass is 10.3. The largest absolute Gasteiger partial charge is 0.369 e. The number of imidazole rings is 1. The average Bonchev–Trinajstić information content (AvgIpc) is 3.05. The second kappa shape index (κ2) is 7.89. The van der Waals surface area contributed by atoms with Crippen LogP contribution in [0.5, 0.6) is 0 Å². The Hall–Kier alpha value is -2.71. The first-order chi connectivity index (χ1) is 13.2. The topological polar surface area (TPSA) is 85.0 Å². The predicted molar refractivity (Wildman–Crippen MR) is 109 cm³/mol.